The van der Waals surface area contributed by atoms with Crippen molar-refractivity contribution in [2.45, 2.75) is 51.4 Å². The van der Waals surface area contributed by atoms with Gasteiger partial charge in [-0.05, 0) is 64.1 Å². The van der Waals surface area contributed by atoms with Crippen molar-refractivity contribution in [2.24, 2.45) is 0 Å². The van der Waals surface area contributed by atoms with Gasteiger partial charge >= 0.3 is 0 Å². The Hall–Kier alpha value is -2.72. The summed E-state index contributed by atoms with van der Waals surface area (Å²) in [5, 5.41) is 0.934. The largest absolute Gasteiger partial charge is 0.277 e. The molecule has 29 heavy (non-hydrogen) atoms. The standard InChI is InChI=1S/C25H28N2O2/c1-24(2)10-11-25(3,4)21-14-17(6-8-20(21)24)16-7-9-22-18(12-16)13-19(15-26-22)23(28)27-29-5/h6-9,12-15H,10-11H2,1-5H3,(H,27,28). The van der Waals surface area contributed by atoms with E-state index >= 15 is 0 Å². The number of carbonyl (C=O) groups is 1. The second kappa shape index (κ2) is 6.96. The average molecular weight is 389 g/mol. The van der Waals surface area contributed by atoms with E-state index in [1.54, 1.807) is 6.20 Å². The van der Waals surface area contributed by atoms with Gasteiger partial charge in [-0.15, -0.1) is 0 Å². The van der Waals surface area contributed by atoms with Crippen LogP contribution in [-0.4, -0.2) is 18.0 Å². The maximum absolute atomic E-state index is 12.1. The minimum Gasteiger partial charge on any atom is -0.277 e. The maximum Gasteiger partial charge on any atom is 0.276 e. The molecule has 3 aromatic rings. The number of aromatic nitrogens is 1. The van der Waals surface area contributed by atoms with Crippen LogP contribution in [0.15, 0.2) is 48.7 Å². The van der Waals surface area contributed by atoms with Crippen LogP contribution in [0.25, 0.3) is 22.0 Å². The van der Waals surface area contributed by atoms with Crippen LogP contribution in [0.2, 0.25) is 0 Å². The number of benzene rings is 2. The van der Waals surface area contributed by atoms with Crippen molar-refractivity contribution in [3.8, 4) is 11.1 Å². The molecule has 2 aromatic carbocycles. The van der Waals surface area contributed by atoms with Crippen LogP contribution in [-0.2, 0) is 15.7 Å². The lowest BCUT2D eigenvalue weighted by molar-refractivity contribution is 0.0537. The van der Waals surface area contributed by atoms with E-state index in [0.717, 1.165) is 16.5 Å². The van der Waals surface area contributed by atoms with Crippen molar-refractivity contribution in [2.75, 3.05) is 7.11 Å². The number of amides is 1. The minimum absolute atomic E-state index is 0.171. The SMILES string of the molecule is CONC(=O)c1cnc2ccc(-c3ccc4c(c3)C(C)(C)CCC4(C)C)cc2c1. The Labute approximate surface area is 172 Å². The molecular weight excluding hydrogens is 360 g/mol. The molecule has 4 rings (SSSR count). The molecule has 0 radical (unpaired) electrons. The predicted octanol–water partition coefficient (Wildman–Crippen LogP) is 5.54. The molecule has 1 aliphatic rings. The molecule has 150 valence electrons. The molecule has 4 heteroatoms. The minimum atomic E-state index is -0.301. The topological polar surface area (TPSA) is 51.2 Å². The number of pyridine rings is 1. The van der Waals surface area contributed by atoms with E-state index in [2.05, 4.69) is 68.5 Å². The number of hydrogen-bond acceptors (Lipinski definition) is 3. The summed E-state index contributed by atoms with van der Waals surface area (Å²) in [6.45, 7) is 9.37. The third-order valence-corrected chi connectivity index (χ3v) is 6.32. The molecule has 0 unspecified atom stereocenters. The van der Waals surface area contributed by atoms with Gasteiger partial charge in [0.1, 0.15) is 0 Å². The van der Waals surface area contributed by atoms with Crippen molar-refractivity contribution >= 4 is 16.8 Å². The number of nitrogens with zero attached hydrogens (tertiary/aromatic N) is 1. The van der Waals surface area contributed by atoms with Crippen LogP contribution in [0.1, 0.15) is 62.0 Å². The number of rotatable bonds is 3. The predicted molar refractivity (Wildman–Crippen MR) is 117 cm³/mol. The molecule has 1 amide bonds. The number of carbonyl (C=O) groups excluding carboxylic acids is 1. The van der Waals surface area contributed by atoms with Crippen LogP contribution in [0, 0.1) is 0 Å². The highest BCUT2D eigenvalue weighted by molar-refractivity contribution is 5.97. The van der Waals surface area contributed by atoms with Gasteiger partial charge in [0.15, 0.2) is 0 Å². The van der Waals surface area contributed by atoms with Crippen LogP contribution in [0.3, 0.4) is 0 Å². The van der Waals surface area contributed by atoms with Crippen molar-refractivity contribution in [1.29, 1.82) is 0 Å². The number of hydrogen-bond donors (Lipinski definition) is 1. The average Bonchev–Trinajstić information content (AvgIpc) is 2.70. The van der Waals surface area contributed by atoms with E-state index in [9.17, 15) is 4.79 Å². The first kappa shape index (κ1) is 19.6. The number of nitrogens with one attached hydrogen (secondary N) is 1. The number of hydroxylamine groups is 1. The highest BCUT2D eigenvalue weighted by Crippen LogP contribution is 2.46. The zero-order chi connectivity index (χ0) is 20.8. The van der Waals surface area contributed by atoms with E-state index < -0.39 is 0 Å². The van der Waals surface area contributed by atoms with Gasteiger partial charge < -0.3 is 0 Å². The van der Waals surface area contributed by atoms with Gasteiger partial charge in [-0.3, -0.25) is 14.6 Å². The molecule has 0 atom stereocenters. The van der Waals surface area contributed by atoms with Gasteiger partial charge in [-0.1, -0.05) is 52.0 Å². The van der Waals surface area contributed by atoms with Gasteiger partial charge in [-0.25, -0.2) is 5.48 Å². The second-order valence-electron chi connectivity index (χ2n) is 9.29. The van der Waals surface area contributed by atoms with Crippen LogP contribution in [0.5, 0.6) is 0 Å². The molecule has 4 nitrogen and oxygen atoms in total. The molecule has 1 N–H and O–H groups in total. The fourth-order valence-corrected chi connectivity index (χ4v) is 4.36. The van der Waals surface area contributed by atoms with E-state index in [0.29, 0.717) is 5.56 Å². The number of fused-ring (bicyclic) bond motifs is 2. The summed E-state index contributed by atoms with van der Waals surface area (Å²) in [5.41, 5.74) is 9.29. The van der Waals surface area contributed by atoms with E-state index in [1.807, 2.05) is 12.1 Å². The van der Waals surface area contributed by atoms with Crippen molar-refractivity contribution in [3.63, 3.8) is 0 Å². The molecule has 0 spiro atoms. The first-order valence-corrected chi connectivity index (χ1v) is 10.1. The fraction of sp³-hybridized carbons (Fsp3) is 0.360. The van der Waals surface area contributed by atoms with Gasteiger partial charge in [0.05, 0.1) is 18.2 Å². The van der Waals surface area contributed by atoms with Crippen molar-refractivity contribution in [1.82, 2.24) is 10.5 Å². The first-order chi connectivity index (χ1) is 13.7. The summed E-state index contributed by atoms with van der Waals surface area (Å²) >= 11 is 0. The molecule has 1 heterocycles. The van der Waals surface area contributed by atoms with Gasteiger partial charge in [-0.2, -0.15) is 0 Å². The molecule has 0 saturated carbocycles. The lowest BCUT2D eigenvalue weighted by Gasteiger charge is -2.42. The van der Waals surface area contributed by atoms with Gasteiger partial charge in [0.25, 0.3) is 5.91 Å². The summed E-state index contributed by atoms with van der Waals surface area (Å²) in [6, 6.07) is 14.9. The highest BCUT2D eigenvalue weighted by atomic mass is 16.6. The summed E-state index contributed by atoms with van der Waals surface area (Å²) in [5.74, 6) is -0.301. The Morgan fingerprint density at radius 2 is 1.59 bits per heavy atom. The zero-order valence-electron chi connectivity index (χ0n) is 17.8. The van der Waals surface area contributed by atoms with E-state index in [1.165, 1.54) is 36.6 Å². The molecule has 1 aromatic heterocycles. The van der Waals surface area contributed by atoms with Crippen molar-refractivity contribution < 1.29 is 9.63 Å². The molecular formula is C25H28N2O2. The lowest BCUT2D eigenvalue weighted by Crippen LogP contribution is -2.33. The van der Waals surface area contributed by atoms with E-state index in [4.69, 9.17) is 4.84 Å². The van der Waals surface area contributed by atoms with Crippen LogP contribution >= 0.6 is 0 Å². The van der Waals surface area contributed by atoms with Crippen molar-refractivity contribution in [3.05, 3.63) is 65.4 Å². The third kappa shape index (κ3) is 3.53. The quantitative estimate of drug-likeness (QED) is 0.599. The Morgan fingerprint density at radius 1 is 0.931 bits per heavy atom. The zero-order valence-corrected chi connectivity index (χ0v) is 17.8. The Bertz CT molecular complexity index is 1100. The molecule has 0 bridgehead atoms. The van der Waals surface area contributed by atoms with Crippen LogP contribution < -0.4 is 5.48 Å². The Balaban J connectivity index is 1.79. The van der Waals surface area contributed by atoms with E-state index in [-0.39, 0.29) is 16.7 Å². The smallest absolute Gasteiger partial charge is 0.276 e. The molecule has 0 saturated heterocycles. The molecule has 0 fully saturated rings. The first-order valence-electron chi connectivity index (χ1n) is 10.1. The maximum atomic E-state index is 12.1. The summed E-state index contributed by atoms with van der Waals surface area (Å²) in [4.78, 5) is 21.2. The summed E-state index contributed by atoms with van der Waals surface area (Å²) in [7, 11) is 1.42. The summed E-state index contributed by atoms with van der Waals surface area (Å²) in [6.07, 6.45) is 3.97. The highest BCUT2D eigenvalue weighted by Gasteiger charge is 2.36. The monoisotopic (exact) mass is 388 g/mol. The lowest BCUT2D eigenvalue weighted by atomic mass is 9.63. The Kier molecular flexibility index (Phi) is 4.70. The fourth-order valence-electron chi connectivity index (χ4n) is 4.36. The van der Waals surface area contributed by atoms with Gasteiger partial charge in [0, 0.05) is 11.6 Å². The van der Waals surface area contributed by atoms with Crippen LogP contribution in [0.4, 0.5) is 0 Å². The second-order valence-corrected chi connectivity index (χ2v) is 9.29. The normalized spacial score (nSPS) is 17.0. The summed E-state index contributed by atoms with van der Waals surface area (Å²) < 4.78 is 0. The van der Waals surface area contributed by atoms with Gasteiger partial charge in [0.2, 0.25) is 0 Å². The molecule has 1 aliphatic carbocycles. The Morgan fingerprint density at radius 3 is 2.31 bits per heavy atom. The molecule has 0 aliphatic heterocycles. The third-order valence-electron chi connectivity index (χ3n) is 6.32.